The first kappa shape index (κ1) is 17.0. The molecule has 2 aromatic carbocycles. The maximum Gasteiger partial charge on any atom is 0.338 e. The Hall–Kier alpha value is -2.89. The van der Waals surface area contributed by atoms with Crippen molar-refractivity contribution in [1.82, 2.24) is 0 Å². The molecule has 0 unspecified atom stereocenters. The monoisotopic (exact) mass is 343 g/mol. The quantitative estimate of drug-likeness (QED) is 0.847. The van der Waals surface area contributed by atoms with Crippen LogP contribution in [0.5, 0.6) is 5.75 Å². The number of carbonyl (C=O) groups is 2. The van der Waals surface area contributed by atoms with Crippen molar-refractivity contribution in [3.63, 3.8) is 0 Å². The molecule has 5 nitrogen and oxygen atoms in total. The number of carbonyl (C=O) groups excluding carboxylic acids is 2. The van der Waals surface area contributed by atoms with Crippen molar-refractivity contribution in [2.75, 3.05) is 19.0 Å². The fraction of sp³-hybridized carbons (Fsp3) is 0.263. The molecule has 0 spiro atoms. The van der Waals surface area contributed by atoms with E-state index in [9.17, 15) is 14.0 Å². The SMILES string of the molecule is COc1ccc(C(=O)OCC(=O)Nc2ccc3c(c2)CCC3)cc1F. The van der Waals surface area contributed by atoms with Crippen molar-refractivity contribution >= 4 is 17.6 Å². The lowest BCUT2D eigenvalue weighted by Crippen LogP contribution is -2.21. The lowest BCUT2D eigenvalue weighted by atomic mass is 10.1. The molecule has 0 atom stereocenters. The average molecular weight is 343 g/mol. The van der Waals surface area contributed by atoms with Crippen LogP contribution in [0, 0.1) is 5.82 Å². The second-order valence-electron chi connectivity index (χ2n) is 5.81. The highest BCUT2D eigenvalue weighted by molar-refractivity contribution is 5.95. The lowest BCUT2D eigenvalue weighted by Gasteiger charge is -2.09. The minimum atomic E-state index is -0.773. The summed E-state index contributed by atoms with van der Waals surface area (Å²) in [5.74, 6) is -1.85. The van der Waals surface area contributed by atoms with Crippen LogP contribution in [0.2, 0.25) is 0 Å². The molecule has 0 saturated carbocycles. The Kier molecular flexibility index (Phi) is 4.97. The highest BCUT2D eigenvalue weighted by atomic mass is 19.1. The third-order valence-corrected chi connectivity index (χ3v) is 4.10. The average Bonchev–Trinajstić information content (AvgIpc) is 3.07. The van der Waals surface area contributed by atoms with Gasteiger partial charge < -0.3 is 14.8 Å². The molecule has 0 saturated heterocycles. The third kappa shape index (κ3) is 3.96. The minimum absolute atomic E-state index is 0.0173. The number of amides is 1. The normalized spacial score (nSPS) is 12.4. The van der Waals surface area contributed by atoms with Gasteiger partial charge in [-0.05, 0) is 60.7 Å². The van der Waals surface area contributed by atoms with Crippen LogP contribution in [0.25, 0.3) is 0 Å². The van der Waals surface area contributed by atoms with Crippen LogP contribution in [0.15, 0.2) is 36.4 Å². The highest BCUT2D eigenvalue weighted by Gasteiger charge is 2.15. The van der Waals surface area contributed by atoms with Crippen molar-refractivity contribution < 1.29 is 23.5 Å². The molecule has 1 amide bonds. The summed E-state index contributed by atoms with van der Waals surface area (Å²) >= 11 is 0. The van der Waals surface area contributed by atoms with E-state index in [1.165, 1.54) is 30.4 Å². The molecular formula is C19H18FNO4. The zero-order valence-corrected chi connectivity index (χ0v) is 13.8. The van der Waals surface area contributed by atoms with Gasteiger partial charge in [0, 0.05) is 5.69 Å². The minimum Gasteiger partial charge on any atom is -0.494 e. The number of anilines is 1. The number of benzene rings is 2. The summed E-state index contributed by atoms with van der Waals surface area (Å²) in [6.07, 6.45) is 3.21. The lowest BCUT2D eigenvalue weighted by molar-refractivity contribution is -0.119. The van der Waals surface area contributed by atoms with E-state index in [1.54, 1.807) is 0 Å². The van der Waals surface area contributed by atoms with Crippen LogP contribution in [-0.2, 0) is 22.4 Å². The maximum atomic E-state index is 13.6. The van der Waals surface area contributed by atoms with E-state index in [-0.39, 0.29) is 11.3 Å². The molecule has 0 aliphatic heterocycles. The Balaban J connectivity index is 1.55. The third-order valence-electron chi connectivity index (χ3n) is 4.10. The Bertz CT molecular complexity index is 819. The number of esters is 1. The van der Waals surface area contributed by atoms with Crippen molar-refractivity contribution in [3.8, 4) is 5.75 Å². The molecule has 0 fully saturated rings. The molecule has 0 radical (unpaired) electrons. The van der Waals surface area contributed by atoms with Crippen molar-refractivity contribution in [2.45, 2.75) is 19.3 Å². The molecule has 1 aliphatic rings. The van der Waals surface area contributed by atoms with Gasteiger partial charge in [0.1, 0.15) is 0 Å². The Morgan fingerprint density at radius 3 is 2.68 bits per heavy atom. The Labute approximate surface area is 144 Å². The summed E-state index contributed by atoms with van der Waals surface area (Å²) in [4.78, 5) is 23.8. The largest absolute Gasteiger partial charge is 0.494 e. The van der Waals surface area contributed by atoms with Gasteiger partial charge in [-0.3, -0.25) is 4.79 Å². The number of nitrogens with one attached hydrogen (secondary N) is 1. The van der Waals surface area contributed by atoms with Crippen LogP contribution >= 0.6 is 0 Å². The molecule has 3 rings (SSSR count). The van der Waals surface area contributed by atoms with Crippen LogP contribution in [0.1, 0.15) is 27.9 Å². The van der Waals surface area contributed by atoms with Gasteiger partial charge in [0.05, 0.1) is 12.7 Å². The first-order valence-electron chi connectivity index (χ1n) is 7.99. The molecule has 1 N–H and O–H groups in total. The molecule has 0 bridgehead atoms. The predicted octanol–water partition coefficient (Wildman–Crippen LogP) is 3.12. The van der Waals surface area contributed by atoms with Gasteiger partial charge in [0.25, 0.3) is 5.91 Å². The van der Waals surface area contributed by atoms with Gasteiger partial charge in [-0.25, -0.2) is 9.18 Å². The number of halogens is 1. The number of hydrogen-bond donors (Lipinski definition) is 1. The van der Waals surface area contributed by atoms with Crippen LogP contribution in [0.4, 0.5) is 10.1 Å². The van der Waals surface area contributed by atoms with E-state index >= 15 is 0 Å². The van der Waals surface area contributed by atoms with Crippen LogP contribution < -0.4 is 10.1 Å². The second kappa shape index (κ2) is 7.34. The number of hydrogen-bond acceptors (Lipinski definition) is 4. The standard InChI is InChI=1S/C19H18FNO4/c1-24-17-8-6-14(10-16(17)20)19(23)25-11-18(22)21-15-7-5-12-3-2-4-13(12)9-15/h5-10H,2-4,11H2,1H3,(H,21,22). The number of fused-ring (bicyclic) bond motifs is 1. The predicted molar refractivity (Wildman–Crippen MR) is 90.3 cm³/mol. The fourth-order valence-corrected chi connectivity index (χ4v) is 2.85. The summed E-state index contributed by atoms with van der Waals surface area (Å²) in [5, 5.41) is 2.70. The van der Waals surface area contributed by atoms with Crippen molar-refractivity contribution in [2.24, 2.45) is 0 Å². The molecule has 2 aromatic rings. The van der Waals surface area contributed by atoms with E-state index in [2.05, 4.69) is 5.32 Å². The Morgan fingerprint density at radius 1 is 1.12 bits per heavy atom. The zero-order chi connectivity index (χ0) is 17.8. The molecule has 0 heterocycles. The van der Waals surface area contributed by atoms with Gasteiger partial charge in [-0.1, -0.05) is 6.07 Å². The zero-order valence-electron chi connectivity index (χ0n) is 13.8. The maximum absolute atomic E-state index is 13.6. The number of aryl methyl sites for hydroxylation is 2. The number of ether oxygens (including phenoxy) is 2. The first-order chi connectivity index (χ1) is 12.1. The number of rotatable bonds is 5. The second-order valence-corrected chi connectivity index (χ2v) is 5.81. The van der Waals surface area contributed by atoms with Gasteiger partial charge in [-0.15, -0.1) is 0 Å². The van der Waals surface area contributed by atoms with Crippen molar-refractivity contribution in [1.29, 1.82) is 0 Å². The number of methoxy groups -OCH3 is 1. The smallest absolute Gasteiger partial charge is 0.338 e. The summed E-state index contributed by atoms with van der Waals surface area (Å²) < 4.78 is 23.3. The molecule has 130 valence electrons. The van der Waals surface area contributed by atoms with E-state index in [0.717, 1.165) is 25.3 Å². The Morgan fingerprint density at radius 2 is 1.92 bits per heavy atom. The first-order valence-corrected chi connectivity index (χ1v) is 7.99. The molecule has 1 aliphatic carbocycles. The van der Waals surface area contributed by atoms with E-state index in [1.807, 2.05) is 18.2 Å². The summed E-state index contributed by atoms with van der Waals surface area (Å²) in [7, 11) is 1.33. The van der Waals surface area contributed by atoms with Crippen LogP contribution in [-0.4, -0.2) is 25.6 Å². The summed E-state index contributed by atoms with van der Waals surface area (Å²) in [6.45, 7) is -0.441. The van der Waals surface area contributed by atoms with E-state index < -0.39 is 24.3 Å². The van der Waals surface area contributed by atoms with E-state index in [0.29, 0.717) is 5.69 Å². The van der Waals surface area contributed by atoms with Gasteiger partial charge in [-0.2, -0.15) is 0 Å². The van der Waals surface area contributed by atoms with Gasteiger partial charge >= 0.3 is 5.97 Å². The summed E-state index contributed by atoms with van der Waals surface area (Å²) in [6, 6.07) is 9.51. The molecule has 25 heavy (non-hydrogen) atoms. The topological polar surface area (TPSA) is 64.6 Å². The molecule has 6 heteroatoms. The summed E-state index contributed by atoms with van der Waals surface area (Å²) in [5.41, 5.74) is 3.25. The molecule has 0 aromatic heterocycles. The van der Waals surface area contributed by atoms with Crippen LogP contribution in [0.3, 0.4) is 0 Å². The van der Waals surface area contributed by atoms with Crippen molar-refractivity contribution in [3.05, 3.63) is 58.9 Å². The molecular weight excluding hydrogens is 325 g/mol. The fourth-order valence-electron chi connectivity index (χ4n) is 2.85. The van der Waals surface area contributed by atoms with Gasteiger partial charge in [0.15, 0.2) is 18.2 Å². The highest BCUT2D eigenvalue weighted by Crippen LogP contribution is 2.24. The van der Waals surface area contributed by atoms with E-state index in [4.69, 9.17) is 9.47 Å². The van der Waals surface area contributed by atoms with Gasteiger partial charge in [0.2, 0.25) is 0 Å².